The van der Waals surface area contributed by atoms with Gasteiger partial charge in [0, 0.05) is 18.3 Å². The maximum Gasteiger partial charge on any atom is 0.241 e. The van der Waals surface area contributed by atoms with Gasteiger partial charge in [0.2, 0.25) is 10.0 Å². The van der Waals surface area contributed by atoms with E-state index < -0.39 is 10.0 Å². The number of anilines is 1. The first-order chi connectivity index (χ1) is 9.88. The predicted molar refractivity (Wildman–Crippen MR) is 83.6 cm³/mol. The van der Waals surface area contributed by atoms with Gasteiger partial charge in [-0.25, -0.2) is 13.1 Å². The number of hydrogen-bond acceptors (Lipinski definition) is 4. The Morgan fingerprint density at radius 2 is 1.90 bits per heavy atom. The second-order valence-corrected chi connectivity index (χ2v) is 7.94. The van der Waals surface area contributed by atoms with Gasteiger partial charge in [0.05, 0.1) is 4.90 Å². The predicted octanol–water partition coefficient (Wildman–Crippen LogP) is 1.26. The summed E-state index contributed by atoms with van der Waals surface area (Å²) in [6.07, 6.45) is 2.17. The molecule has 2 bridgehead atoms. The highest BCUT2D eigenvalue weighted by Crippen LogP contribution is 2.30. The van der Waals surface area contributed by atoms with E-state index in [2.05, 4.69) is 9.62 Å². The molecule has 3 N–H and O–H groups in total. The molecule has 1 atom stereocenters. The summed E-state index contributed by atoms with van der Waals surface area (Å²) in [5.41, 5.74) is 7.79. The second-order valence-electron chi connectivity index (χ2n) is 6.29. The molecular formula is C15H23N3O2S. The van der Waals surface area contributed by atoms with Gasteiger partial charge < -0.3 is 10.6 Å². The quantitative estimate of drug-likeness (QED) is 0.824. The van der Waals surface area contributed by atoms with Crippen LogP contribution in [-0.2, 0) is 10.0 Å². The molecule has 3 fully saturated rings. The molecule has 5 nitrogen and oxygen atoms in total. The van der Waals surface area contributed by atoms with E-state index in [-0.39, 0.29) is 6.04 Å². The third-order valence-corrected chi connectivity index (χ3v) is 6.65. The van der Waals surface area contributed by atoms with Crippen LogP contribution in [0.2, 0.25) is 0 Å². The lowest BCUT2D eigenvalue weighted by molar-refractivity contribution is 0.0827. The molecule has 3 heterocycles. The van der Waals surface area contributed by atoms with E-state index in [4.69, 9.17) is 5.73 Å². The van der Waals surface area contributed by atoms with E-state index in [0.29, 0.717) is 22.1 Å². The summed E-state index contributed by atoms with van der Waals surface area (Å²) in [5, 5.41) is 0. The minimum Gasteiger partial charge on any atom is -0.398 e. The number of benzene rings is 1. The van der Waals surface area contributed by atoms with Crippen molar-refractivity contribution in [2.75, 3.05) is 25.4 Å². The number of nitrogens with two attached hydrogens (primary N) is 1. The van der Waals surface area contributed by atoms with Gasteiger partial charge in [0.1, 0.15) is 0 Å². The fourth-order valence-corrected chi connectivity index (χ4v) is 5.41. The Kier molecular flexibility index (Phi) is 3.71. The van der Waals surface area contributed by atoms with Crippen LogP contribution in [0.4, 0.5) is 5.69 Å². The van der Waals surface area contributed by atoms with Crippen LogP contribution in [0.1, 0.15) is 24.0 Å². The first-order valence-electron chi connectivity index (χ1n) is 7.49. The first-order valence-corrected chi connectivity index (χ1v) is 8.97. The van der Waals surface area contributed by atoms with Gasteiger partial charge in [-0.1, -0.05) is 6.07 Å². The number of fused-ring (bicyclic) bond motifs is 3. The SMILES string of the molecule is Cc1ccc(N)c(C)c1S(=O)(=O)NC1CN2CCC1CC2. The normalized spacial score (nSPS) is 28.8. The zero-order valence-corrected chi connectivity index (χ0v) is 13.4. The zero-order valence-electron chi connectivity index (χ0n) is 12.6. The van der Waals surface area contributed by atoms with Crippen LogP contribution < -0.4 is 10.5 Å². The number of nitrogens with one attached hydrogen (secondary N) is 1. The second kappa shape index (κ2) is 5.26. The number of piperidine rings is 3. The van der Waals surface area contributed by atoms with E-state index in [1.807, 2.05) is 6.92 Å². The van der Waals surface area contributed by atoms with Crippen LogP contribution in [-0.4, -0.2) is 39.0 Å². The van der Waals surface area contributed by atoms with E-state index in [1.54, 1.807) is 19.1 Å². The average molecular weight is 309 g/mol. The van der Waals surface area contributed by atoms with E-state index in [9.17, 15) is 8.42 Å². The van der Waals surface area contributed by atoms with Gasteiger partial charge in [-0.05, 0) is 62.9 Å². The van der Waals surface area contributed by atoms with Crippen molar-refractivity contribution in [3.05, 3.63) is 23.3 Å². The monoisotopic (exact) mass is 309 g/mol. The van der Waals surface area contributed by atoms with Crippen LogP contribution in [0.3, 0.4) is 0 Å². The Balaban J connectivity index is 1.90. The van der Waals surface area contributed by atoms with Gasteiger partial charge in [0.15, 0.2) is 0 Å². The summed E-state index contributed by atoms with van der Waals surface area (Å²) in [4.78, 5) is 2.69. The average Bonchev–Trinajstić information content (AvgIpc) is 2.44. The van der Waals surface area contributed by atoms with Crippen LogP contribution in [0.5, 0.6) is 0 Å². The van der Waals surface area contributed by atoms with Crippen molar-refractivity contribution < 1.29 is 8.42 Å². The number of hydrogen-bond donors (Lipinski definition) is 2. The van der Waals surface area contributed by atoms with Crippen molar-refractivity contribution in [3.63, 3.8) is 0 Å². The smallest absolute Gasteiger partial charge is 0.241 e. The van der Waals surface area contributed by atoms with Gasteiger partial charge >= 0.3 is 0 Å². The number of rotatable bonds is 3. The highest BCUT2D eigenvalue weighted by Gasteiger charge is 2.37. The topological polar surface area (TPSA) is 75.4 Å². The van der Waals surface area contributed by atoms with Crippen molar-refractivity contribution in [2.45, 2.75) is 37.6 Å². The van der Waals surface area contributed by atoms with Crippen molar-refractivity contribution in [3.8, 4) is 0 Å². The summed E-state index contributed by atoms with van der Waals surface area (Å²) in [6.45, 7) is 6.60. The highest BCUT2D eigenvalue weighted by atomic mass is 32.2. The van der Waals surface area contributed by atoms with Crippen LogP contribution >= 0.6 is 0 Å². The lowest BCUT2D eigenvalue weighted by Crippen LogP contribution is -2.57. The lowest BCUT2D eigenvalue weighted by Gasteiger charge is -2.44. The van der Waals surface area contributed by atoms with E-state index in [1.165, 1.54) is 0 Å². The Morgan fingerprint density at radius 3 is 2.48 bits per heavy atom. The number of aryl methyl sites for hydroxylation is 1. The Morgan fingerprint density at radius 1 is 1.24 bits per heavy atom. The molecule has 6 heteroatoms. The Hall–Kier alpha value is -1.11. The van der Waals surface area contributed by atoms with Gasteiger partial charge in [-0.15, -0.1) is 0 Å². The molecule has 3 saturated heterocycles. The van der Waals surface area contributed by atoms with E-state index >= 15 is 0 Å². The molecule has 0 spiro atoms. The molecule has 3 aliphatic rings. The van der Waals surface area contributed by atoms with Gasteiger partial charge in [-0.2, -0.15) is 0 Å². The third kappa shape index (κ3) is 2.67. The largest absolute Gasteiger partial charge is 0.398 e. The fraction of sp³-hybridized carbons (Fsp3) is 0.600. The molecule has 1 aromatic rings. The van der Waals surface area contributed by atoms with Crippen LogP contribution in [0.15, 0.2) is 17.0 Å². The van der Waals surface area contributed by atoms with Crippen LogP contribution in [0.25, 0.3) is 0 Å². The molecule has 3 aliphatic heterocycles. The van der Waals surface area contributed by atoms with E-state index in [0.717, 1.165) is 38.0 Å². The lowest BCUT2D eigenvalue weighted by atomic mass is 9.85. The zero-order chi connectivity index (χ0) is 15.2. The van der Waals surface area contributed by atoms with Crippen LogP contribution in [0, 0.1) is 19.8 Å². The Labute approximate surface area is 126 Å². The summed E-state index contributed by atoms with van der Waals surface area (Å²) >= 11 is 0. The molecule has 0 amide bonds. The van der Waals surface area contributed by atoms with Crippen molar-refractivity contribution >= 4 is 15.7 Å². The highest BCUT2D eigenvalue weighted by molar-refractivity contribution is 7.89. The molecule has 21 heavy (non-hydrogen) atoms. The maximum absolute atomic E-state index is 12.8. The molecule has 0 saturated carbocycles. The van der Waals surface area contributed by atoms with Gasteiger partial charge in [0.25, 0.3) is 0 Å². The first kappa shape index (κ1) is 14.8. The number of nitrogens with zero attached hydrogens (tertiary/aromatic N) is 1. The summed E-state index contributed by atoms with van der Waals surface area (Å²) < 4.78 is 28.5. The number of nitrogen functional groups attached to an aromatic ring is 1. The summed E-state index contributed by atoms with van der Waals surface area (Å²) in [5.74, 6) is 0.464. The molecule has 1 aromatic carbocycles. The summed E-state index contributed by atoms with van der Waals surface area (Å²) in [6, 6.07) is 3.56. The fourth-order valence-electron chi connectivity index (χ4n) is 3.61. The minimum absolute atomic E-state index is 0.0257. The van der Waals surface area contributed by atoms with Gasteiger partial charge in [-0.3, -0.25) is 0 Å². The third-order valence-electron chi connectivity index (χ3n) is 4.88. The molecular weight excluding hydrogens is 286 g/mol. The maximum atomic E-state index is 12.8. The molecule has 1 unspecified atom stereocenters. The van der Waals surface area contributed by atoms with Crippen molar-refractivity contribution in [1.82, 2.24) is 9.62 Å². The minimum atomic E-state index is -3.52. The van der Waals surface area contributed by atoms with Crippen molar-refractivity contribution in [1.29, 1.82) is 0 Å². The summed E-state index contributed by atoms with van der Waals surface area (Å²) in [7, 11) is -3.52. The molecule has 116 valence electrons. The molecule has 0 aliphatic carbocycles. The van der Waals surface area contributed by atoms with Crippen molar-refractivity contribution in [2.24, 2.45) is 5.92 Å². The molecule has 4 rings (SSSR count). The number of sulfonamides is 1. The molecule has 0 radical (unpaired) electrons. The standard InChI is InChI=1S/C15H23N3O2S/c1-10-3-4-13(16)11(2)15(10)21(19,20)17-14-9-18-7-5-12(14)6-8-18/h3-4,12,14,17H,5-9,16H2,1-2H3. The Bertz CT molecular complexity index is 649. The molecule has 0 aromatic heterocycles.